The molecule has 0 spiro atoms. The lowest BCUT2D eigenvalue weighted by Crippen LogP contribution is -2.04. The SMILES string of the molecule is CC(C)CSc1nc(N)nc(N)n1. The summed E-state index contributed by atoms with van der Waals surface area (Å²) in [5, 5.41) is 0.596. The van der Waals surface area contributed by atoms with Gasteiger partial charge in [0.2, 0.25) is 11.9 Å². The predicted octanol–water partition coefficient (Wildman–Crippen LogP) is 0.784. The first kappa shape index (κ1) is 10.0. The molecule has 0 saturated carbocycles. The number of thioether (sulfide) groups is 1. The molecule has 72 valence electrons. The van der Waals surface area contributed by atoms with Crippen LogP contribution in [0.15, 0.2) is 5.16 Å². The summed E-state index contributed by atoms with van der Waals surface area (Å²) in [7, 11) is 0. The first-order valence-electron chi connectivity index (χ1n) is 3.97. The van der Waals surface area contributed by atoms with Crippen LogP contribution in [0.3, 0.4) is 0 Å². The van der Waals surface area contributed by atoms with Gasteiger partial charge in [0, 0.05) is 5.75 Å². The van der Waals surface area contributed by atoms with Crippen LogP contribution in [0.25, 0.3) is 0 Å². The quantitative estimate of drug-likeness (QED) is 0.699. The van der Waals surface area contributed by atoms with E-state index in [-0.39, 0.29) is 11.9 Å². The fourth-order valence-electron chi connectivity index (χ4n) is 0.694. The summed E-state index contributed by atoms with van der Waals surface area (Å²) in [5.41, 5.74) is 10.8. The van der Waals surface area contributed by atoms with Crippen LogP contribution in [0.1, 0.15) is 13.8 Å². The highest BCUT2D eigenvalue weighted by molar-refractivity contribution is 7.99. The lowest BCUT2D eigenvalue weighted by atomic mass is 10.3. The van der Waals surface area contributed by atoms with E-state index >= 15 is 0 Å². The third kappa shape index (κ3) is 3.45. The van der Waals surface area contributed by atoms with Crippen LogP contribution in [0.5, 0.6) is 0 Å². The molecule has 1 heterocycles. The van der Waals surface area contributed by atoms with Gasteiger partial charge < -0.3 is 11.5 Å². The van der Waals surface area contributed by atoms with Gasteiger partial charge >= 0.3 is 0 Å². The highest BCUT2D eigenvalue weighted by Crippen LogP contribution is 2.17. The van der Waals surface area contributed by atoms with Crippen LogP contribution < -0.4 is 11.5 Å². The zero-order valence-electron chi connectivity index (χ0n) is 7.69. The van der Waals surface area contributed by atoms with Gasteiger partial charge in [0.1, 0.15) is 0 Å². The van der Waals surface area contributed by atoms with Crippen molar-refractivity contribution >= 4 is 23.7 Å². The molecule has 0 aliphatic heterocycles. The summed E-state index contributed by atoms with van der Waals surface area (Å²) < 4.78 is 0. The lowest BCUT2D eigenvalue weighted by Gasteiger charge is -2.03. The van der Waals surface area contributed by atoms with E-state index in [9.17, 15) is 0 Å². The van der Waals surface area contributed by atoms with Crippen molar-refractivity contribution in [2.24, 2.45) is 5.92 Å². The van der Waals surface area contributed by atoms with E-state index in [1.165, 1.54) is 11.8 Å². The van der Waals surface area contributed by atoms with Crippen molar-refractivity contribution in [1.29, 1.82) is 0 Å². The molecule has 5 nitrogen and oxygen atoms in total. The first-order chi connectivity index (χ1) is 6.08. The number of aromatic nitrogens is 3. The zero-order valence-corrected chi connectivity index (χ0v) is 8.51. The first-order valence-corrected chi connectivity index (χ1v) is 4.96. The number of nitrogen functional groups attached to an aromatic ring is 2. The van der Waals surface area contributed by atoms with Gasteiger partial charge in [-0.25, -0.2) is 0 Å². The predicted molar refractivity (Wildman–Crippen MR) is 54.2 cm³/mol. The fraction of sp³-hybridized carbons (Fsp3) is 0.571. The lowest BCUT2D eigenvalue weighted by molar-refractivity contribution is 0.747. The summed E-state index contributed by atoms with van der Waals surface area (Å²) in [4.78, 5) is 11.6. The van der Waals surface area contributed by atoms with Crippen molar-refractivity contribution in [3.05, 3.63) is 0 Å². The van der Waals surface area contributed by atoms with E-state index in [0.29, 0.717) is 11.1 Å². The van der Waals surface area contributed by atoms with E-state index < -0.39 is 0 Å². The normalized spacial score (nSPS) is 10.7. The molecular formula is C7H13N5S. The van der Waals surface area contributed by atoms with E-state index in [1.54, 1.807) is 0 Å². The maximum atomic E-state index is 5.41. The van der Waals surface area contributed by atoms with Crippen LogP contribution in [0, 0.1) is 5.92 Å². The zero-order chi connectivity index (χ0) is 9.84. The van der Waals surface area contributed by atoms with Gasteiger partial charge in [0.15, 0.2) is 5.16 Å². The Morgan fingerprint density at radius 1 is 1.15 bits per heavy atom. The Labute approximate surface area is 81.4 Å². The van der Waals surface area contributed by atoms with Crippen molar-refractivity contribution < 1.29 is 0 Å². The molecule has 1 rings (SSSR count). The Bertz CT molecular complexity index is 268. The summed E-state index contributed by atoms with van der Waals surface area (Å²) in [5.74, 6) is 1.89. The van der Waals surface area contributed by atoms with Gasteiger partial charge in [-0.15, -0.1) is 0 Å². The van der Waals surface area contributed by atoms with Crippen molar-refractivity contribution in [1.82, 2.24) is 15.0 Å². The van der Waals surface area contributed by atoms with Crippen LogP contribution >= 0.6 is 11.8 Å². The Hall–Kier alpha value is -1.04. The maximum Gasteiger partial charge on any atom is 0.225 e. The maximum absolute atomic E-state index is 5.41. The Morgan fingerprint density at radius 3 is 2.15 bits per heavy atom. The van der Waals surface area contributed by atoms with Gasteiger partial charge in [-0.2, -0.15) is 15.0 Å². The standard InChI is InChI=1S/C7H13N5S/c1-4(2)3-13-7-11-5(8)10-6(9)12-7/h4H,3H2,1-2H3,(H4,8,9,10,11,12). The molecule has 0 aliphatic carbocycles. The number of hydrogen-bond acceptors (Lipinski definition) is 6. The van der Waals surface area contributed by atoms with Crippen LogP contribution in [0.2, 0.25) is 0 Å². The second-order valence-corrected chi connectivity index (χ2v) is 4.03. The van der Waals surface area contributed by atoms with E-state index in [1.807, 2.05) is 0 Å². The van der Waals surface area contributed by atoms with Gasteiger partial charge in [-0.05, 0) is 5.92 Å². The fourth-order valence-corrected chi connectivity index (χ4v) is 1.49. The molecule has 0 unspecified atom stereocenters. The van der Waals surface area contributed by atoms with E-state index in [2.05, 4.69) is 28.8 Å². The number of rotatable bonds is 3. The molecule has 0 saturated heterocycles. The summed E-state index contributed by atoms with van der Waals surface area (Å²) in [6.07, 6.45) is 0. The molecule has 0 atom stereocenters. The number of nitrogens with two attached hydrogens (primary N) is 2. The third-order valence-electron chi connectivity index (χ3n) is 1.20. The Kier molecular flexibility index (Phi) is 3.30. The molecule has 0 aromatic carbocycles. The Balaban J connectivity index is 2.66. The second-order valence-electron chi connectivity index (χ2n) is 3.04. The molecule has 0 fully saturated rings. The molecule has 4 N–H and O–H groups in total. The molecule has 1 aromatic rings. The van der Waals surface area contributed by atoms with Crippen LogP contribution in [-0.4, -0.2) is 20.7 Å². The van der Waals surface area contributed by atoms with Crippen LogP contribution in [-0.2, 0) is 0 Å². The molecular weight excluding hydrogens is 186 g/mol. The van der Waals surface area contributed by atoms with E-state index in [0.717, 1.165) is 5.75 Å². The minimum absolute atomic E-state index is 0.179. The second kappa shape index (κ2) is 4.27. The number of hydrogen-bond donors (Lipinski definition) is 2. The monoisotopic (exact) mass is 199 g/mol. The number of nitrogens with zero attached hydrogens (tertiary/aromatic N) is 3. The van der Waals surface area contributed by atoms with E-state index in [4.69, 9.17) is 11.5 Å². The van der Waals surface area contributed by atoms with Gasteiger partial charge in [0.25, 0.3) is 0 Å². The van der Waals surface area contributed by atoms with Gasteiger partial charge in [0.05, 0.1) is 0 Å². The number of anilines is 2. The van der Waals surface area contributed by atoms with Gasteiger partial charge in [-0.1, -0.05) is 25.6 Å². The molecule has 6 heteroatoms. The summed E-state index contributed by atoms with van der Waals surface area (Å²) in [6, 6.07) is 0. The molecule has 0 amide bonds. The molecule has 0 aliphatic rings. The highest BCUT2D eigenvalue weighted by atomic mass is 32.2. The average Bonchev–Trinajstić information content (AvgIpc) is 1.99. The highest BCUT2D eigenvalue weighted by Gasteiger charge is 2.03. The van der Waals surface area contributed by atoms with Crippen LogP contribution in [0.4, 0.5) is 11.9 Å². The minimum Gasteiger partial charge on any atom is -0.368 e. The molecule has 0 radical (unpaired) electrons. The van der Waals surface area contributed by atoms with Crippen molar-refractivity contribution in [2.45, 2.75) is 19.0 Å². The van der Waals surface area contributed by atoms with Gasteiger partial charge in [-0.3, -0.25) is 0 Å². The summed E-state index contributed by atoms with van der Waals surface area (Å²) >= 11 is 1.53. The molecule has 0 bridgehead atoms. The average molecular weight is 199 g/mol. The molecule has 13 heavy (non-hydrogen) atoms. The Morgan fingerprint density at radius 2 is 1.69 bits per heavy atom. The minimum atomic E-state index is 0.179. The van der Waals surface area contributed by atoms with Crippen molar-refractivity contribution in [3.63, 3.8) is 0 Å². The smallest absolute Gasteiger partial charge is 0.225 e. The van der Waals surface area contributed by atoms with Crippen molar-refractivity contribution in [3.8, 4) is 0 Å². The summed E-state index contributed by atoms with van der Waals surface area (Å²) in [6.45, 7) is 4.25. The molecule has 1 aromatic heterocycles. The van der Waals surface area contributed by atoms with Crippen molar-refractivity contribution in [2.75, 3.05) is 17.2 Å². The third-order valence-corrected chi connectivity index (χ3v) is 2.47. The topological polar surface area (TPSA) is 90.7 Å². The largest absolute Gasteiger partial charge is 0.368 e.